The fourth-order valence-electron chi connectivity index (χ4n) is 5.37. The molecule has 0 N–H and O–H groups in total. The lowest BCUT2D eigenvalue weighted by molar-refractivity contribution is -0.133. The van der Waals surface area contributed by atoms with Crippen LogP contribution >= 0.6 is 11.6 Å². The van der Waals surface area contributed by atoms with Crippen LogP contribution in [0.4, 0.5) is 5.69 Å². The molecule has 5 nitrogen and oxygen atoms in total. The monoisotopic (exact) mass is 504 g/mol. The van der Waals surface area contributed by atoms with Crippen molar-refractivity contribution in [1.29, 1.82) is 0 Å². The average molecular weight is 505 g/mol. The maximum Gasteiger partial charge on any atom is 0.265 e. The first kappa shape index (κ1) is 23.0. The first-order valence-electron chi connectivity index (χ1n) is 11.8. The highest BCUT2D eigenvalue weighted by molar-refractivity contribution is 6.31. The second kappa shape index (κ2) is 8.57. The van der Waals surface area contributed by atoms with E-state index in [1.165, 1.54) is 9.80 Å². The first-order valence-corrected chi connectivity index (χ1v) is 12.2. The first-order chi connectivity index (χ1) is 17.9. The van der Waals surface area contributed by atoms with E-state index in [1.54, 1.807) is 54.6 Å². The van der Waals surface area contributed by atoms with Gasteiger partial charge in [-0.2, -0.15) is 0 Å². The van der Waals surface area contributed by atoms with E-state index in [9.17, 15) is 14.4 Å². The van der Waals surface area contributed by atoms with Crippen molar-refractivity contribution in [2.75, 3.05) is 4.90 Å². The number of anilines is 1. The van der Waals surface area contributed by atoms with Gasteiger partial charge in [-0.3, -0.25) is 24.2 Å². The molecule has 2 aliphatic heterocycles. The molecule has 0 aliphatic carbocycles. The largest absolute Gasteiger partial charge is 0.284 e. The Morgan fingerprint density at radius 3 is 2.14 bits per heavy atom. The van der Waals surface area contributed by atoms with Crippen molar-refractivity contribution in [3.05, 3.63) is 143 Å². The van der Waals surface area contributed by atoms with Crippen molar-refractivity contribution in [3.63, 3.8) is 0 Å². The number of hydrogen-bond donors (Lipinski definition) is 0. The summed E-state index contributed by atoms with van der Waals surface area (Å²) in [5.74, 6) is -1.30. The van der Waals surface area contributed by atoms with Crippen LogP contribution in [0, 0.1) is 0 Å². The number of hydrogen-bond acceptors (Lipinski definition) is 3. The van der Waals surface area contributed by atoms with Gasteiger partial charge in [0, 0.05) is 27.3 Å². The molecule has 37 heavy (non-hydrogen) atoms. The van der Waals surface area contributed by atoms with Gasteiger partial charge >= 0.3 is 0 Å². The van der Waals surface area contributed by atoms with E-state index in [0.29, 0.717) is 38.5 Å². The molecular weight excluding hydrogens is 484 g/mol. The van der Waals surface area contributed by atoms with Crippen LogP contribution < -0.4 is 4.90 Å². The van der Waals surface area contributed by atoms with Gasteiger partial charge in [0.2, 0.25) is 0 Å². The predicted molar refractivity (Wildman–Crippen MR) is 143 cm³/mol. The minimum absolute atomic E-state index is 0.0706. The highest BCUT2D eigenvalue weighted by atomic mass is 35.5. The van der Waals surface area contributed by atoms with Crippen molar-refractivity contribution in [2.24, 2.45) is 0 Å². The summed E-state index contributed by atoms with van der Waals surface area (Å²) in [5, 5.41) is 0.496. The van der Waals surface area contributed by atoms with Gasteiger partial charge in [0.1, 0.15) is 0 Å². The number of benzene rings is 4. The van der Waals surface area contributed by atoms with E-state index in [-0.39, 0.29) is 12.5 Å². The maximum absolute atomic E-state index is 14.6. The zero-order valence-electron chi connectivity index (χ0n) is 19.7. The molecule has 0 saturated carbocycles. The molecule has 6 heteroatoms. The Morgan fingerprint density at radius 2 is 1.41 bits per heavy atom. The van der Waals surface area contributed by atoms with E-state index in [2.05, 4.69) is 6.58 Å². The lowest BCUT2D eigenvalue weighted by Gasteiger charge is -2.45. The van der Waals surface area contributed by atoms with Crippen LogP contribution in [-0.4, -0.2) is 22.6 Å². The van der Waals surface area contributed by atoms with Crippen molar-refractivity contribution in [3.8, 4) is 0 Å². The Labute approximate surface area is 219 Å². The van der Waals surface area contributed by atoms with Crippen LogP contribution in [0.15, 0.2) is 110 Å². The van der Waals surface area contributed by atoms with Crippen LogP contribution in [0.25, 0.3) is 5.57 Å². The Bertz CT molecular complexity index is 1600. The highest BCUT2D eigenvalue weighted by Crippen LogP contribution is 2.56. The summed E-state index contributed by atoms with van der Waals surface area (Å²) >= 11 is 6.09. The lowest BCUT2D eigenvalue weighted by atomic mass is 9.75. The average Bonchev–Trinajstić information content (AvgIpc) is 3.20. The van der Waals surface area contributed by atoms with Crippen LogP contribution in [0.3, 0.4) is 0 Å². The lowest BCUT2D eigenvalue weighted by Crippen LogP contribution is -2.62. The minimum Gasteiger partial charge on any atom is -0.284 e. The van der Waals surface area contributed by atoms with Gasteiger partial charge < -0.3 is 0 Å². The number of carbonyl (C=O) groups is 3. The molecule has 2 heterocycles. The summed E-state index contributed by atoms with van der Waals surface area (Å²) in [6.45, 7) is 4.43. The molecule has 3 amide bonds. The van der Waals surface area contributed by atoms with Gasteiger partial charge in [-0.15, -0.1) is 0 Å². The molecule has 2 aliphatic rings. The van der Waals surface area contributed by atoms with Gasteiger partial charge in [-0.25, -0.2) is 0 Å². The minimum atomic E-state index is -1.63. The van der Waals surface area contributed by atoms with E-state index in [1.807, 2.05) is 48.5 Å². The van der Waals surface area contributed by atoms with Crippen molar-refractivity contribution >= 4 is 40.6 Å². The van der Waals surface area contributed by atoms with Gasteiger partial charge in [0.15, 0.2) is 5.54 Å². The topological polar surface area (TPSA) is 57.7 Å². The van der Waals surface area contributed by atoms with Gasteiger partial charge in [-0.1, -0.05) is 84.9 Å². The number of para-hydroxylation sites is 1. The third-order valence-corrected chi connectivity index (χ3v) is 7.32. The molecule has 6 rings (SSSR count). The Balaban J connectivity index is 1.62. The number of halogens is 1. The van der Waals surface area contributed by atoms with Crippen LogP contribution in [0.5, 0.6) is 0 Å². The van der Waals surface area contributed by atoms with Crippen molar-refractivity contribution in [1.82, 2.24) is 4.90 Å². The predicted octanol–water partition coefficient (Wildman–Crippen LogP) is 6.09. The molecule has 0 fully saturated rings. The van der Waals surface area contributed by atoms with Crippen molar-refractivity contribution < 1.29 is 14.4 Å². The summed E-state index contributed by atoms with van der Waals surface area (Å²) in [4.78, 5) is 45.3. The molecule has 4 aromatic rings. The van der Waals surface area contributed by atoms with E-state index in [4.69, 9.17) is 11.6 Å². The van der Waals surface area contributed by atoms with Gasteiger partial charge in [0.05, 0.1) is 12.2 Å². The summed E-state index contributed by atoms with van der Waals surface area (Å²) in [6.07, 6.45) is 0. The van der Waals surface area contributed by atoms with Crippen LogP contribution in [0.2, 0.25) is 5.02 Å². The fraction of sp³-hybridized carbons (Fsp3) is 0.0645. The number of fused-ring (bicyclic) bond motifs is 3. The quantitative estimate of drug-likeness (QED) is 0.317. The third kappa shape index (κ3) is 3.28. The summed E-state index contributed by atoms with van der Waals surface area (Å²) in [6, 6.07) is 30.2. The molecule has 0 radical (unpaired) electrons. The highest BCUT2D eigenvalue weighted by Gasteiger charge is 2.62. The third-order valence-electron chi connectivity index (χ3n) is 7.07. The fourth-order valence-corrected chi connectivity index (χ4v) is 5.49. The standard InChI is InChI=1S/C31H21ClN2O3/c1-20-24-11-6-8-14-27(24)34(28(35)22-15-17-23(32)18-16-22)31(20)26-13-7-5-12-25(26)29(36)33(30(31)37)19-21-9-3-2-4-10-21/h2-18H,1,19H2. The number of carbonyl (C=O) groups excluding carboxylic acids is 3. The SMILES string of the molecule is C=C1c2ccccc2N(C(=O)c2ccc(Cl)cc2)C12C(=O)N(Cc1ccccc1)C(=O)c1ccccc12. The zero-order chi connectivity index (χ0) is 25.7. The molecule has 1 atom stereocenters. The van der Waals surface area contributed by atoms with Crippen LogP contribution in [-0.2, 0) is 16.9 Å². The zero-order valence-corrected chi connectivity index (χ0v) is 20.5. The summed E-state index contributed by atoms with van der Waals surface area (Å²) in [7, 11) is 0. The normalized spacial score (nSPS) is 18.2. The molecule has 0 saturated heterocycles. The van der Waals surface area contributed by atoms with E-state index in [0.717, 1.165) is 5.56 Å². The van der Waals surface area contributed by atoms with E-state index < -0.39 is 17.4 Å². The summed E-state index contributed by atoms with van der Waals surface area (Å²) < 4.78 is 0. The Morgan fingerprint density at radius 1 is 0.784 bits per heavy atom. The Kier molecular flexibility index (Phi) is 5.32. The van der Waals surface area contributed by atoms with E-state index >= 15 is 0 Å². The summed E-state index contributed by atoms with van der Waals surface area (Å²) in [5.41, 5.74) is 2.04. The van der Waals surface area contributed by atoms with Crippen LogP contribution in [0.1, 0.15) is 37.4 Å². The molecular formula is C31H21ClN2O3. The molecule has 0 bridgehead atoms. The van der Waals surface area contributed by atoms with Crippen molar-refractivity contribution in [2.45, 2.75) is 12.1 Å². The van der Waals surface area contributed by atoms with Gasteiger partial charge in [0.25, 0.3) is 17.7 Å². The Hall–Kier alpha value is -4.48. The number of imide groups is 1. The smallest absolute Gasteiger partial charge is 0.265 e. The molecule has 4 aromatic carbocycles. The molecule has 180 valence electrons. The van der Waals surface area contributed by atoms with Gasteiger partial charge in [-0.05, 0) is 47.5 Å². The second-order valence-electron chi connectivity index (χ2n) is 9.08. The molecule has 0 aromatic heterocycles. The molecule has 1 spiro atoms. The number of nitrogens with zero attached hydrogens (tertiary/aromatic N) is 2. The molecule has 1 unspecified atom stereocenters. The number of rotatable bonds is 3. The second-order valence-corrected chi connectivity index (χ2v) is 9.52. The maximum atomic E-state index is 14.6. The number of amides is 3.